The first-order valence-electron chi connectivity index (χ1n) is 6.52. The van der Waals surface area contributed by atoms with Gasteiger partial charge in [-0.15, -0.1) is 0 Å². The number of hydrogen-bond donors (Lipinski definition) is 1. The van der Waals surface area contributed by atoms with Gasteiger partial charge in [-0.2, -0.15) is 0 Å². The molecule has 0 spiro atoms. The lowest BCUT2D eigenvalue weighted by molar-refractivity contribution is -0.119. The topological polar surface area (TPSA) is 46.2 Å². The number of carbonyl (C=O) groups is 2. The fourth-order valence-corrected chi connectivity index (χ4v) is 3.05. The molecule has 3 aromatic carbocycles. The van der Waals surface area contributed by atoms with Gasteiger partial charge in [-0.3, -0.25) is 14.9 Å². The van der Waals surface area contributed by atoms with E-state index in [1.165, 1.54) is 0 Å². The molecule has 1 aliphatic rings. The Balaban J connectivity index is 2.29. The Hall–Kier alpha value is -2.68. The largest absolute Gasteiger partial charge is 0.292 e. The normalized spacial score (nSPS) is 14.4. The maximum absolute atomic E-state index is 12.2. The number of benzene rings is 3. The molecule has 3 aromatic rings. The Kier molecular flexibility index (Phi) is 2.18. The minimum Gasteiger partial charge on any atom is -0.292 e. The predicted molar refractivity (Wildman–Crippen MR) is 77.6 cm³/mol. The first kappa shape index (κ1) is 11.2. The quantitative estimate of drug-likeness (QED) is 0.499. The Labute approximate surface area is 115 Å². The van der Waals surface area contributed by atoms with E-state index < -0.39 is 0 Å². The summed E-state index contributed by atoms with van der Waals surface area (Å²) in [5.41, 5.74) is 1.48. The molecule has 0 bridgehead atoms. The third kappa shape index (κ3) is 1.40. The summed E-state index contributed by atoms with van der Waals surface area (Å²) >= 11 is 0. The van der Waals surface area contributed by atoms with Crippen molar-refractivity contribution in [2.75, 3.05) is 0 Å². The van der Waals surface area contributed by atoms with Crippen molar-refractivity contribution in [2.45, 2.75) is 6.42 Å². The lowest BCUT2D eigenvalue weighted by Crippen LogP contribution is -2.37. The molecule has 3 heteroatoms. The fraction of sp³-hybridized carbons (Fsp3) is 0.0588. The number of carbonyl (C=O) groups excluding carboxylic acids is 2. The molecule has 0 saturated carbocycles. The summed E-state index contributed by atoms with van der Waals surface area (Å²) in [7, 11) is 0. The van der Waals surface area contributed by atoms with Crippen LogP contribution in [-0.2, 0) is 11.2 Å². The van der Waals surface area contributed by atoms with Crippen LogP contribution in [-0.4, -0.2) is 11.8 Å². The molecule has 0 aromatic heterocycles. The monoisotopic (exact) mass is 261 g/mol. The maximum atomic E-state index is 12.2. The maximum Gasteiger partial charge on any atom is 0.258 e. The van der Waals surface area contributed by atoms with Crippen LogP contribution in [0.3, 0.4) is 0 Å². The van der Waals surface area contributed by atoms with Crippen LogP contribution in [0.5, 0.6) is 0 Å². The first-order valence-corrected chi connectivity index (χ1v) is 6.52. The number of fused-ring (bicyclic) bond motifs is 6. The molecule has 4 rings (SSSR count). The highest BCUT2D eigenvalue weighted by Gasteiger charge is 2.26. The zero-order valence-corrected chi connectivity index (χ0v) is 10.6. The van der Waals surface area contributed by atoms with Crippen molar-refractivity contribution < 1.29 is 9.59 Å². The lowest BCUT2D eigenvalue weighted by atomic mass is 9.88. The Morgan fingerprint density at radius 3 is 2.00 bits per heavy atom. The summed E-state index contributed by atoms with van der Waals surface area (Å²) in [6.45, 7) is 0. The van der Waals surface area contributed by atoms with Crippen molar-refractivity contribution in [2.24, 2.45) is 0 Å². The van der Waals surface area contributed by atoms with Crippen LogP contribution in [0.4, 0.5) is 0 Å². The van der Waals surface area contributed by atoms with Crippen LogP contribution >= 0.6 is 0 Å². The molecule has 0 atom stereocenters. The highest BCUT2D eigenvalue weighted by Crippen LogP contribution is 2.34. The molecule has 0 fully saturated rings. The smallest absolute Gasteiger partial charge is 0.258 e. The molecule has 1 heterocycles. The van der Waals surface area contributed by atoms with Gasteiger partial charge in [0, 0.05) is 0 Å². The third-order valence-corrected chi connectivity index (χ3v) is 3.86. The van der Waals surface area contributed by atoms with Crippen LogP contribution in [0.1, 0.15) is 15.9 Å². The standard InChI is InChI=1S/C17H11NO2/c19-15-9-14-12-7-2-1-5-10(12)11-6-3-4-8-13(11)16(14)17(20)18-15/h1-8H,9H2,(H,18,19,20). The van der Waals surface area contributed by atoms with Crippen molar-refractivity contribution >= 4 is 33.4 Å². The van der Waals surface area contributed by atoms with E-state index >= 15 is 0 Å². The van der Waals surface area contributed by atoms with E-state index in [9.17, 15) is 9.59 Å². The second kappa shape index (κ2) is 3.90. The van der Waals surface area contributed by atoms with Gasteiger partial charge < -0.3 is 0 Å². The van der Waals surface area contributed by atoms with Gasteiger partial charge in [0.1, 0.15) is 0 Å². The number of imide groups is 1. The zero-order valence-electron chi connectivity index (χ0n) is 10.6. The van der Waals surface area contributed by atoms with E-state index in [0.717, 1.165) is 27.1 Å². The molecule has 96 valence electrons. The minimum absolute atomic E-state index is 0.233. The predicted octanol–water partition coefficient (Wildman–Crippen LogP) is 2.81. The van der Waals surface area contributed by atoms with Gasteiger partial charge in [-0.05, 0) is 27.1 Å². The Morgan fingerprint density at radius 1 is 0.750 bits per heavy atom. The summed E-state index contributed by atoms with van der Waals surface area (Å²) in [4.78, 5) is 23.9. The van der Waals surface area contributed by atoms with Gasteiger partial charge in [-0.1, -0.05) is 48.5 Å². The van der Waals surface area contributed by atoms with Crippen LogP contribution in [0.25, 0.3) is 21.5 Å². The zero-order chi connectivity index (χ0) is 13.7. The number of rotatable bonds is 0. The highest BCUT2D eigenvalue weighted by molar-refractivity contribution is 6.23. The van der Waals surface area contributed by atoms with Gasteiger partial charge in [0.2, 0.25) is 5.91 Å². The van der Waals surface area contributed by atoms with E-state index in [4.69, 9.17) is 0 Å². The molecular weight excluding hydrogens is 250 g/mol. The summed E-state index contributed by atoms with van der Waals surface area (Å²) in [5.74, 6) is -0.527. The molecule has 3 nitrogen and oxygen atoms in total. The number of nitrogens with one attached hydrogen (secondary N) is 1. The summed E-state index contributed by atoms with van der Waals surface area (Å²) in [5, 5.41) is 6.45. The fourth-order valence-electron chi connectivity index (χ4n) is 3.05. The molecule has 2 amide bonds. The SMILES string of the molecule is O=C1Cc2c(c3ccccc3c3ccccc23)C(=O)N1. The molecule has 1 aliphatic heterocycles. The van der Waals surface area contributed by atoms with E-state index in [-0.39, 0.29) is 18.2 Å². The van der Waals surface area contributed by atoms with Crippen LogP contribution in [0.15, 0.2) is 48.5 Å². The summed E-state index contributed by atoms with van der Waals surface area (Å²) in [6, 6.07) is 15.8. The van der Waals surface area contributed by atoms with Crippen molar-refractivity contribution in [3.8, 4) is 0 Å². The van der Waals surface area contributed by atoms with Gasteiger partial charge >= 0.3 is 0 Å². The van der Waals surface area contributed by atoms with Crippen molar-refractivity contribution in [1.82, 2.24) is 5.32 Å². The van der Waals surface area contributed by atoms with E-state index in [2.05, 4.69) is 5.32 Å². The molecule has 20 heavy (non-hydrogen) atoms. The summed E-state index contributed by atoms with van der Waals surface area (Å²) in [6.07, 6.45) is 0.256. The van der Waals surface area contributed by atoms with Gasteiger partial charge in [0.25, 0.3) is 5.91 Å². The third-order valence-electron chi connectivity index (χ3n) is 3.86. The van der Waals surface area contributed by atoms with Crippen LogP contribution in [0.2, 0.25) is 0 Å². The van der Waals surface area contributed by atoms with Crippen LogP contribution < -0.4 is 5.32 Å². The second-order valence-corrected chi connectivity index (χ2v) is 5.00. The molecule has 0 saturated heterocycles. The molecular formula is C17H11NO2. The molecule has 0 radical (unpaired) electrons. The minimum atomic E-state index is -0.293. The average Bonchev–Trinajstić information content (AvgIpc) is 2.47. The lowest BCUT2D eigenvalue weighted by Gasteiger charge is -2.20. The number of amides is 2. The molecule has 0 unspecified atom stereocenters. The van der Waals surface area contributed by atoms with Gasteiger partial charge in [-0.25, -0.2) is 0 Å². The van der Waals surface area contributed by atoms with Gasteiger partial charge in [0.15, 0.2) is 0 Å². The van der Waals surface area contributed by atoms with Gasteiger partial charge in [0.05, 0.1) is 12.0 Å². The molecule has 0 aliphatic carbocycles. The average molecular weight is 261 g/mol. The van der Waals surface area contributed by atoms with Crippen LogP contribution in [0, 0.1) is 0 Å². The van der Waals surface area contributed by atoms with E-state index in [1.54, 1.807) is 0 Å². The van der Waals surface area contributed by atoms with E-state index in [0.29, 0.717) is 5.56 Å². The van der Waals surface area contributed by atoms with Crippen molar-refractivity contribution in [3.05, 3.63) is 59.7 Å². The Bertz CT molecular complexity index is 896. The Morgan fingerprint density at radius 2 is 1.30 bits per heavy atom. The van der Waals surface area contributed by atoms with Crippen molar-refractivity contribution in [1.29, 1.82) is 0 Å². The second-order valence-electron chi connectivity index (χ2n) is 5.00. The van der Waals surface area contributed by atoms with Crippen molar-refractivity contribution in [3.63, 3.8) is 0 Å². The summed E-state index contributed by atoms with van der Waals surface area (Å²) < 4.78 is 0. The first-order chi connectivity index (χ1) is 9.75. The van der Waals surface area contributed by atoms with E-state index in [1.807, 2.05) is 48.5 Å². The molecule has 1 N–H and O–H groups in total. The highest BCUT2D eigenvalue weighted by atomic mass is 16.2. The number of hydrogen-bond acceptors (Lipinski definition) is 2.